The quantitative estimate of drug-likeness (QED) is 0.321. The highest BCUT2D eigenvalue weighted by Crippen LogP contribution is 2.20. The van der Waals surface area contributed by atoms with E-state index in [-0.39, 0.29) is 11.8 Å². The molecule has 0 saturated heterocycles. The number of rotatable bonds is 7. The minimum absolute atomic E-state index is 0.169. The summed E-state index contributed by atoms with van der Waals surface area (Å²) in [4.78, 5) is 25.0. The number of carbonyl (C=O) groups is 2. The summed E-state index contributed by atoms with van der Waals surface area (Å²) >= 11 is 0. The lowest BCUT2D eigenvalue weighted by Gasteiger charge is -2.11. The molecule has 4 N–H and O–H groups in total. The first-order chi connectivity index (χ1) is 16.5. The molecule has 0 bridgehead atoms. The summed E-state index contributed by atoms with van der Waals surface area (Å²) in [5.41, 5.74) is 11.8. The van der Waals surface area contributed by atoms with Crippen LogP contribution in [0.25, 0.3) is 16.7 Å². The third kappa shape index (κ3) is 5.40. The van der Waals surface area contributed by atoms with E-state index < -0.39 is 0 Å². The molecule has 0 aliphatic heterocycles. The number of hydrogen-bond donors (Lipinski definition) is 3. The number of nitrogen functional groups attached to an aromatic ring is 1. The number of amides is 2. The normalized spacial score (nSPS) is 10.4. The van der Waals surface area contributed by atoms with Crippen LogP contribution >= 0.6 is 0 Å². The van der Waals surface area contributed by atoms with Crippen LogP contribution in [0.15, 0.2) is 110 Å². The number of nitrogens with two attached hydrogens (primary N) is 1. The van der Waals surface area contributed by atoms with Crippen LogP contribution in [0.1, 0.15) is 26.3 Å². The average molecular weight is 448 g/mol. The summed E-state index contributed by atoms with van der Waals surface area (Å²) in [6.07, 6.45) is 0. The highest BCUT2D eigenvalue weighted by molar-refractivity contribution is 6.05. The summed E-state index contributed by atoms with van der Waals surface area (Å²) in [5, 5.41) is 5.71. The molecule has 0 spiro atoms. The fourth-order valence-electron chi connectivity index (χ4n) is 3.50. The van der Waals surface area contributed by atoms with Crippen molar-refractivity contribution in [1.29, 1.82) is 0 Å². The van der Waals surface area contributed by atoms with Crippen molar-refractivity contribution in [2.24, 2.45) is 0 Å². The average Bonchev–Trinajstić information content (AvgIpc) is 2.89. The van der Waals surface area contributed by atoms with E-state index in [0.29, 0.717) is 29.0 Å². The minimum Gasteiger partial charge on any atom is -0.397 e. The summed E-state index contributed by atoms with van der Waals surface area (Å²) < 4.78 is 0. The Hall–Kier alpha value is -4.64. The summed E-state index contributed by atoms with van der Waals surface area (Å²) in [7, 11) is 0. The molecule has 4 rings (SSSR count). The first kappa shape index (κ1) is 22.6. The number of nitrogens with one attached hydrogen (secondary N) is 2. The molecule has 2 amide bonds. The van der Waals surface area contributed by atoms with Gasteiger partial charge >= 0.3 is 0 Å². The van der Waals surface area contributed by atoms with Gasteiger partial charge in [0.25, 0.3) is 11.8 Å². The Morgan fingerprint density at radius 3 is 1.85 bits per heavy atom. The van der Waals surface area contributed by atoms with Gasteiger partial charge in [0, 0.05) is 17.7 Å². The van der Waals surface area contributed by atoms with Gasteiger partial charge in [-0.2, -0.15) is 0 Å². The molecule has 4 aromatic rings. The fraction of sp³-hybridized carbons (Fsp3) is 0.0345. The summed E-state index contributed by atoms with van der Waals surface area (Å²) in [6, 6.07) is 31.7. The van der Waals surface area contributed by atoms with E-state index in [1.165, 1.54) is 0 Å². The molecule has 0 atom stereocenters. The molecule has 0 unspecified atom stereocenters. The molecular formula is C29H25N3O2. The van der Waals surface area contributed by atoms with Gasteiger partial charge in [-0.15, -0.1) is 0 Å². The zero-order valence-electron chi connectivity index (χ0n) is 18.6. The van der Waals surface area contributed by atoms with E-state index in [9.17, 15) is 9.59 Å². The van der Waals surface area contributed by atoms with Crippen LogP contribution in [-0.2, 0) is 0 Å². The Morgan fingerprint density at radius 1 is 0.647 bits per heavy atom. The molecule has 0 heterocycles. The molecule has 34 heavy (non-hydrogen) atoms. The highest BCUT2D eigenvalue weighted by Gasteiger charge is 2.10. The molecule has 168 valence electrons. The van der Waals surface area contributed by atoms with Gasteiger partial charge in [0.05, 0.1) is 11.4 Å². The van der Waals surface area contributed by atoms with Gasteiger partial charge in [-0.05, 0) is 58.7 Å². The SMILES string of the molecule is C=C(CNC(=O)c1ccc(-c2ccccc2)cc1)c1ccc(C(=O)Nc2ccccc2N)cc1. The Bertz CT molecular complexity index is 1310. The molecule has 0 saturated carbocycles. The highest BCUT2D eigenvalue weighted by atomic mass is 16.2. The van der Waals surface area contributed by atoms with Crippen LogP contribution in [-0.4, -0.2) is 18.4 Å². The topological polar surface area (TPSA) is 84.2 Å². The molecule has 5 heteroatoms. The molecule has 0 aromatic heterocycles. The maximum absolute atomic E-state index is 12.6. The van der Waals surface area contributed by atoms with Crippen molar-refractivity contribution < 1.29 is 9.59 Å². The van der Waals surface area contributed by atoms with E-state index in [2.05, 4.69) is 17.2 Å². The van der Waals surface area contributed by atoms with Crippen LogP contribution in [0.3, 0.4) is 0 Å². The van der Waals surface area contributed by atoms with Crippen LogP contribution in [0.5, 0.6) is 0 Å². The molecule has 0 radical (unpaired) electrons. The molecule has 0 aliphatic rings. The third-order valence-electron chi connectivity index (χ3n) is 5.48. The first-order valence-corrected chi connectivity index (χ1v) is 10.9. The van der Waals surface area contributed by atoms with Crippen molar-refractivity contribution in [2.75, 3.05) is 17.6 Å². The van der Waals surface area contributed by atoms with Crippen LogP contribution in [0.2, 0.25) is 0 Å². The predicted molar refractivity (Wildman–Crippen MR) is 138 cm³/mol. The Labute approximate surface area is 199 Å². The number of benzene rings is 4. The smallest absolute Gasteiger partial charge is 0.255 e. The van der Waals surface area contributed by atoms with Crippen LogP contribution in [0, 0.1) is 0 Å². The maximum Gasteiger partial charge on any atom is 0.255 e. The minimum atomic E-state index is -0.248. The second kappa shape index (κ2) is 10.3. The number of para-hydroxylation sites is 2. The van der Waals surface area contributed by atoms with Gasteiger partial charge in [0.15, 0.2) is 0 Å². The zero-order valence-corrected chi connectivity index (χ0v) is 18.6. The lowest BCUT2D eigenvalue weighted by molar-refractivity contribution is 0.0957. The van der Waals surface area contributed by atoms with Gasteiger partial charge in [-0.3, -0.25) is 9.59 Å². The zero-order chi connectivity index (χ0) is 23.9. The third-order valence-corrected chi connectivity index (χ3v) is 5.48. The van der Waals surface area contributed by atoms with Crippen LogP contribution < -0.4 is 16.4 Å². The van der Waals surface area contributed by atoms with Gasteiger partial charge in [-0.25, -0.2) is 0 Å². The molecule has 0 fully saturated rings. The number of hydrogen-bond acceptors (Lipinski definition) is 3. The Kier molecular flexibility index (Phi) is 6.84. The van der Waals surface area contributed by atoms with Crippen molar-refractivity contribution in [2.45, 2.75) is 0 Å². The van der Waals surface area contributed by atoms with E-state index in [4.69, 9.17) is 5.73 Å². The number of anilines is 2. The molecule has 0 aliphatic carbocycles. The number of carbonyl (C=O) groups excluding carboxylic acids is 2. The second-order valence-corrected chi connectivity index (χ2v) is 7.85. The van der Waals surface area contributed by atoms with Gasteiger partial charge in [0.2, 0.25) is 0 Å². The maximum atomic E-state index is 12.6. The van der Waals surface area contributed by atoms with Crippen molar-refractivity contribution in [3.05, 3.63) is 126 Å². The lowest BCUT2D eigenvalue weighted by Crippen LogP contribution is -2.25. The standard InChI is InChI=1S/C29H25N3O2/c1-20(19-31-28(33)24-17-13-23(14-18-24)22-7-3-2-4-8-22)21-11-15-25(16-12-21)29(34)32-27-10-6-5-9-26(27)30/h2-18H,1,19,30H2,(H,31,33)(H,32,34). The van der Waals surface area contributed by atoms with Crippen LogP contribution in [0.4, 0.5) is 11.4 Å². The molecule has 5 nitrogen and oxygen atoms in total. The first-order valence-electron chi connectivity index (χ1n) is 10.9. The van der Waals surface area contributed by atoms with E-state index >= 15 is 0 Å². The van der Waals surface area contributed by atoms with Gasteiger partial charge in [-0.1, -0.05) is 73.3 Å². The van der Waals surface area contributed by atoms with Crippen molar-refractivity contribution >= 4 is 28.8 Å². The van der Waals surface area contributed by atoms with E-state index in [1.807, 2.05) is 78.9 Å². The molecule has 4 aromatic carbocycles. The summed E-state index contributed by atoms with van der Waals surface area (Å²) in [6.45, 7) is 4.36. The van der Waals surface area contributed by atoms with E-state index in [1.54, 1.807) is 24.3 Å². The van der Waals surface area contributed by atoms with Gasteiger partial charge in [0.1, 0.15) is 0 Å². The second-order valence-electron chi connectivity index (χ2n) is 7.85. The Morgan fingerprint density at radius 2 is 1.18 bits per heavy atom. The lowest BCUT2D eigenvalue weighted by atomic mass is 10.0. The van der Waals surface area contributed by atoms with Gasteiger partial charge < -0.3 is 16.4 Å². The van der Waals surface area contributed by atoms with Crippen molar-refractivity contribution in [3.8, 4) is 11.1 Å². The Balaban J connectivity index is 1.32. The summed E-state index contributed by atoms with van der Waals surface area (Å²) in [5.74, 6) is -0.417. The largest absolute Gasteiger partial charge is 0.397 e. The van der Waals surface area contributed by atoms with E-state index in [0.717, 1.165) is 22.3 Å². The van der Waals surface area contributed by atoms with Crippen molar-refractivity contribution in [3.63, 3.8) is 0 Å². The van der Waals surface area contributed by atoms with Crippen molar-refractivity contribution in [1.82, 2.24) is 5.32 Å². The molecular weight excluding hydrogens is 422 g/mol. The fourth-order valence-corrected chi connectivity index (χ4v) is 3.50. The predicted octanol–water partition coefficient (Wildman–Crippen LogP) is 5.63. The monoisotopic (exact) mass is 447 g/mol.